The molecule has 18 heavy (non-hydrogen) atoms. The third kappa shape index (κ3) is 2.47. The molecule has 1 aliphatic rings. The van der Waals surface area contributed by atoms with Crippen LogP contribution in [-0.4, -0.2) is 34.4 Å². The highest BCUT2D eigenvalue weighted by atomic mass is 32.1. The molecule has 0 spiro atoms. The smallest absolute Gasteiger partial charge is 0.276 e. The summed E-state index contributed by atoms with van der Waals surface area (Å²) in [6.45, 7) is 4.83. The molecular formula is C13H16N2OS2. The van der Waals surface area contributed by atoms with E-state index in [1.54, 1.807) is 21.1 Å². The molecule has 2 rings (SSSR count). The molecule has 1 aromatic rings. The summed E-state index contributed by atoms with van der Waals surface area (Å²) < 4.78 is 0. The van der Waals surface area contributed by atoms with E-state index < -0.39 is 0 Å². The summed E-state index contributed by atoms with van der Waals surface area (Å²) >= 11 is 6.94. The Balaban J connectivity index is 2.28. The standard InChI is InChI=1S/C13H16N2OS2/c1-9(2)8-15-12(16)11(14(3)13(15)17)7-10-5-4-6-18-10/h4-7,9H,8H2,1-3H3/b11-7-. The van der Waals surface area contributed by atoms with Gasteiger partial charge >= 0.3 is 0 Å². The number of hydrogen-bond donors (Lipinski definition) is 0. The third-order valence-electron chi connectivity index (χ3n) is 2.71. The summed E-state index contributed by atoms with van der Waals surface area (Å²) in [5, 5.41) is 2.59. The summed E-state index contributed by atoms with van der Waals surface area (Å²) in [6.07, 6.45) is 1.90. The number of likely N-dealkylation sites (N-methyl/N-ethyl adjacent to an activating group) is 1. The van der Waals surface area contributed by atoms with Gasteiger partial charge in [-0.25, -0.2) is 0 Å². The Kier molecular flexibility index (Phi) is 3.82. The van der Waals surface area contributed by atoms with Gasteiger partial charge in [-0.1, -0.05) is 19.9 Å². The maximum atomic E-state index is 12.3. The van der Waals surface area contributed by atoms with Crippen molar-refractivity contribution in [1.29, 1.82) is 0 Å². The van der Waals surface area contributed by atoms with Crippen molar-refractivity contribution in [3.8, 4) is 0 Å². The summed E-state index contributed by atoms with van der Waals surface area (Å²) in [7, 11) is 1.85. The van der Waals surface area contributed by atoms with Crippen LogP contribution in [0.2, 0.25) is 0 Å². The number of thiocarbonyl (C=S) groups is 1. The SMILES string of the molecule is CC(C)CN1C(=O)/C(=C/c2cccs2)N(C)C1=S. The molecule has 5 heteroatoms. The predicted octanol–water partition coefficient (Wildman–Crippen LogP) is 2.80. The van der Waals surface area contributed by atoms with Gasteiger partial charge in [0, 0.05) is 18.5 Å². The van der Waals surface area contributed by atoms with Crippen molar-refractivity contribution >= 4 is 40.7 Å². The van der Waals surface area contributed by atoms with E-state index in [9.17, 15) is 4.79 Å². The lowest BCUT2D eigenvalue weighted by atomic mass is 10.2. The number of rotatable bonds is 3. The van der Waals surface area contributed by atoms with Crippen molar-refractivity contribution in [2.24, 2.45) is 5.92 Å². The van der Waals surface area contributed by atoms with E-state index in [0.29, 0.717) is 23.3 Å². The van der Waals surface area contributed by atoms with Crippen molar-refractivity contribution in [2.45, 2.75) is 13.8 Å². The Morgan fingerprint density at radius 2 is 2.22 bits per heavy atom. The van der Waals surface area contributed by atoms with Gasteiger partial charge in [-0.05, 0) is 35.7 Å². The second-order valence-electron chi connectivity index (χ2n) is 4.70. The second kappa shape index (κ2) is 5.20. The topological polar surface area (TPSA) is 23.6 Å². The molecule has 1 aromatic heterocycles. The van der Waals surface area contributed by atoms with E-state index in [1.165, 1.54) is 0 Å². The van der Waals surface area contributed by atoms with E-state index in [4.69, 9.17) is 12.2 Å². The molecule has 2 heterocycles. The van der Waals surface area contributed by atoms with Crippen molar-refractivity contribution in [3.63, 3.8) is 0 Å². The van der Waals surface area contributed by atoms with Gasteiger partial charge < -0.3 is 4.90 Å². The van der Waals surface area contributed by atoms with Crippen molar-refractivity contribution in [1.82, 2.24) is 9.80 Å². The highest BCUT2D eigenvalue weighted by molar-refractivity contribution is 7.80. The fourth-order valence-corrected chi connectivity index (χ4v) is 2.75. The molecule has 0 aliphatic carbocycles. The monoisotopic (exact) mass is 280 g/mol. The van der Waals surface area contributed by atoms with Crippen LogP contribution in [-0.2, 0) is 4.79 Å². The van der Waals surface area contributed by atoms with E-state index in [2.05, 4.69) is 13.8 Å². The molecule has 0 atom stereocenters. The van der Waals surface area contributed by atoms with Crippen LogP contribution in [0.15, 0.2) is 23.2 Å². The minimum absolute atomic E-state index is 0.00426. The van der Waals surface area contributed by atoms with Gasteiger partial charge in [-0.15, -0.1) is 11.3 Å². The third-order valence-corrected chi connectivity index (χ3v) is 4.03. The molecule has 1 fully saturated rings. The first-order valence-corrected chi connectivity index (χ1v) is 7.14. The average Bonchev–Trinajstić information content (AvgIpc) is 2.88. The minimum atomic E-state index is 0.00426. The van der Waals surface area contributed by atoms with Gasteiger partial charge in [0.1, 0.15) is 5.70 Å². The first kappa shape index (κ1) is 13.2. The number of carbonyl (C=O) groups is 1. The largest absolute Gasteiger partial charge is 0.317 e. The molecule has 1 saturated heterocycles. The lowest BCUT2D eigenvalue weighted by molar-refractivity contribution is -0.122. The highest BCUT2D eigenvalue weighted by Gasteiger charge is 2.35. The summed E-state index contributed by atoms with van der Waals surface area (Å²) in [5.74, 6) is 0.408. The Hall–Kier alpha value is -1.20. The van der Waals surface area contributed by atoms with Gasteiger partial charge in [0.2, 0.25) is 0 Å². The van der Waals surface area contributed by atoms with Crippen molar-refractivity contribution < 1.29 is 4.79 Å². The van der Waals surface area contributed by atoms with E-state index in [0.717, 1.165) is 4.88 Å². The van der Waals surface area contributed by atoms with Crippen LogP contribution in [0.1, 0.15) is 18.7 Å². The summed E-state index contributed by atoms with van der Waals surface area (Å²) in [6, 6.07) is 3.97. The van der Waals surface area contributed by atoms with Crippen LogP contribution in [0.4, 0.5) is 0 Å². The number of carbonyl (C=O) groups excluding carboxylic acids is 1. The van der Waals surface area contributed by atoms with Crippen LogP contribution < -0.4 is 0 Å². The van der Waals surface area contributed by atoms with Gasteiger partial charge in [-0.2, -0.15) is 0 Å². The lowest BCUT2D eigenvalue weighted by Crippen LogP contribution is -2.34. The fourth-order valence-electron chi connectivity index (χ4n) is 1.85. The summed E-state index contributed by atoms with van der Waals surface area (Å²) in [5.41, 5.74) is 0.656. The zero-order valence-corrected chi connectivity index (χ0v) is 12.3. The Morgan fingerprint density at radius 3 is 2.78 bits per heavy atom. The Labute approximate surface area is 117 Å². The zero-order chi connectivity index (χ0) is 13.3. The molecule has 0 N–H and O–H groups in total. The second-order valence-corrected chi connectivity index (χ2v) is 6.04. The molecule has 0 unspecified atom stereocenters. The molecule has 1 amide bonds. The maximum Gasteiger partial charge on any atom is 0.276 e. The van der Waals surface area contributed by atoms with Gasteiger partial charge in [0.15, 0.2) is 5.11 Å². The van der Waals surface area contributed by atoms with Gasteiger partial charge in [0.05, 0.1) is 0 Å². The van der Waals surface area contributed by atoms with E-state index in [1.807, 2.05) is 30.6 Å². The van der Waals surface area contributed by atoms with Crippen LogP contribution >= 0.6 is 23.6 Å². The average molecular weight is 280 g/mol. The van der Waals surface area contributed by atoms with Crippen molar-refractivity contribution in [3.05, 3.63) is 28.1 Å². The predicted molar refractivity (Wildman–Crippen MR) is 79.2 cm³/mol. The lowest BCUT2D eigenvalue weighted by Gasteiger charge is -2.18. The Morgan fingerprint density at radius 1 is 1.50 bits per heavy atom. The van der Waals surface area contributed by atoms with Crippen LogP contribution in [0.5, 0.6) is 0 Å². The number of amides is 1. The number of thiophene rings is 1. The molecule has 3 nitrogen and oxygen atoms in total. The minimum Gasteiger partial charge on any atom is -0.317 e. The van der Waals surface area contributed by atoms with E-state index in [-0.39, 0.29) is 5.91 Å². The maximum absolute atomic E-state index is 12.3. The molecule has 0 aromatic carbocycles. The molecular weight excluding hydrogens is 264 g/mol. The molecule has 0 saturated carbocycles. The first-order valence-electron chi connectivity index (χ1n) is 5.85. The Bertz CT molecular complexity index is 491. The number of nitrogens with zero attached hydrogens (tertiary/aromatic N) is 2. The summed E-state index contributed by atoms with van der Waals surface area (Å²) in [4.78, 5) is 16.9. The molecule has 96 valence electrons. The van der Waals surface area contributed by atoms with Crippen LogP contribution in [0.25, 0.3) is 6.08 Å². The molecule has 0 bridgehead atoms. The highest BCUT2D eigenvalue weighted by Crippen LogP contribution is 2.24. The quantitative estimate of drug-likeness (QED) is 0.628. The number of hydrogen-bond acceptors (Lipinski definition) is 3. The first-order chi connectivity index (χ1) is 8.50. The van der Waals surface area contributed by atoms with Gasteiger partial charge in [0.25, 0.3) is 5.91 Å². The van der Waals surface area contributed by atoms with Gasteiger partial charge in [-0.3, -0.25) is 9.69 Å². The molecule has 0 radical (unpaired) electrons. The van der Waals surface area contributed by atoms with Crippen LogP contribution in [0.3, 0.4) is 0 Å². The van der Waals surface area contributed by atoms with Crippen molar-refractivity contribution in [2.75, 3.05) is 13.6 Å². The van der Waals surface area contributed by atoms with Crippen LogP contribution in [0, 0.1) is 5.92 Å². The van der Waals surface area contributed by atoms with E-state index >= 15 is 0 Å². The fraction of sp³-hybridized carbons (Fsp3) is 0.385. The molecule has 1 aliphatic heterocycles. The normalized spacial score (nSPS) is 18.6. The zero-order valence-electron chi connectivity index (χ0n) is 10.7.